The van der Waals surface area contributed by atoms with Crippen LogP contribution in [0, 0.1) is 5.92 Å². The lowest BCUT2D eigenvalue weighted by molar-refractivity contribution is 0.217. The number of rotatable bonds is 6. The molecule has 256 valence electrons. The van der Waals surface area contributed by atoms with Crippen molar-refractivity contribution >= 4 is 45.4 Å². The van der Waals surface area contributed by atoms with Crippen LogP contribution < -0.4 is 20.4 Å². The van der Waals surface area contributed by atoms with Crippen LogP contribution in [-0.4, -0.2) is 22.3 Å². The zero-order chi connectivity index (χ0) is 35.0. The molecule has 6 heteroatoms. The lowest BCUT2D eigenvalue weighted by atomic mass is 9.59. The Hall–Kier alpha value is -5.36. The number of hydrogen-bond donors (Lipinski definition) is 2. The highest BCUT2D eigenvalue weighted by Crippen LogP contribution is 2.64. The molecular weight excluding hydrogens is 625 g/mol. The molecule has 6 nitrogen and oxygen atoms in total. The maximum absolute atomic E-state index is 5.41. The predicted molar refractivity (Wildman–Crippen MR) is 212 cm³/mol. The molecule has 0 aliphatic carbocycles. The van der Waals surface area contributed by atoms with E-state index in [1.54, 1.807) is 0 Å². The van der Waals surface area contributed by atoms with Crippen molar-refractivity contribution in [2.75, 3.05) is 20.4 Å². The normalized spacial score (nSPS) is 23.2. The molecule has 0 spiro atoms. The van der Waals surface area contributed by atoms with Gasteiger partial charge in [0.2, 0.25) is 0 Å². The standard InChI is InChI=1S/C45H46N6/c1-27(2)30-20-23-33(24-21-30)50-42-43(49-38-19-13-12-18-37(38)48-42)51-39-25-22-31(28(3)4)26-34(39)40(44(50)51)45(6)29(5)41(46-32-14-8-7-9-15-32)47-36-17-11-10-16-35(36)45/h7-29,40-41,44,46-47H,1-6H3. The lowest BCUT2D eigenvalue weighted by Gasteiger charge is -2.52. The molecule has 3 aliphatic rings. The molecule has 3 aliphatic heterocycles. The fraction of sp³-hybridized carbons (Fsp3) is 0.289. The van der Waals surface area contributed by atoms with Gasteiger partial charge in [0.1, 0.15) is 6.17 Å². The van der Waals surface area contributed by atoms with Gasteiger partial charge in [-0.1, -0.05) is 114 Å². The molecule has 6 aromatic rings. The first kappa shape index (κ1) is 31.6. The van der Waals surface area contributed by atoms with E-state index in [4.69, 9.17) is 9.97 Å². The lowest BCUT2D eigenvalue weighted by Crippen LogP contribution is -2.56. The van der Waals surface area contributed by atoms with E-state index in [-0.39, 0.29) is 29.6 Å². The topological polar surface area (TPSA) is 56.3 Å². The summed E-state index contributed by atoms with van der Waals surface area (Å²) in [4.78, 5) is 15.8. The van der Waals surface area contributed by atoms with Crippen LogP contribution >= 0.6 is 0 Å². The van der Waals surface area contributed by atoms with Crippen molar-refractivity contribution in [1.82, 2.24) is 9.97 Å². The van der Waals surface area contributed by atoms with Crippen LogP contribution in [0.25, 0.3) is 11.0 Å². The largest absolute Gasteiger partial charge is 0.365 e. The molecule has 0 saturated carbocycles. The van der Waals surface area contributed by atoms with E-state index in [1.165, 1.54) is 33.6 Å². The summed E-state index contributed by atoms with van der Waals surface area (Å²) in [6.07, 6.45) is -0.0884. The van der Waals surface area contributed by atoms with Gasteiger partial charge in [-0.15, -0.1) is 0 Å². The van der Waals surface area contributed by atoms with Gasteiger partial charge in [-0.3, -0.25) is 0 Å². The highest BCUT2D eigenvalue weighted by molar-refractivity contribution is 5.93. The molecule has 5 aromatic carbocycles. The Kier molecular flexibility index (Phi) is 7.36. The van der Waals surface area contributed by atoms with Crippen molar-refractivity contribution in [3.05, 3.63) is 144 Å². The minimum absolute atomic E-state index is 0.000488. The Morgan fingerprint density at radius 3 is 1.98 bits per heavy atom. The van der Waals surface area contributed by atoms with Crippen LogP contribution in [-0.2, 0) is 5.41 Å². The number of anilines is 6. The van der Waals surface area contributed by atoms with Crippen molar-refractivity contribution in [3.8, 4) is 0 Å². The second kappa shape index (κ2) is 11.9. The zero-order valence-corrected chi connectivity index (χ0v) is 30.3. The Bertz CT molecular complexity index is 2210. The van der Waals surface area contributed by atoms with E-state index in [9.17, 15) is 0 Å². The van der Waals surface area contributed by atoms with Gasteiger partial charge >= 0.3 is 0 Å². The van der Waals surface area contributed by atoms with Gasteiger partial charge in [-0.05, 0) is 82.6 Å². The number of fused-ring (bicyclic) bond motifs is 7. The monoisotopic (exact) mass is 670 g/mol. The van der Waals surface area contributed by atoms with Gasteiger partial charge in [-0.25, -0.2) is 9.97 Å². The first-order valence-electron chi connectivity index (χ1n) is 18.5. The van der Waals surface area contributed by atoms with Gasteiger partial charge in [-0.2, -0.15) is 0 Å². The number of hydrogen-bond acceptors (Lipinski definition) is 6. The highest BCUT2D eigenvalue weighted by atomic mass is 15.5. The van der Waals surface area contributed by atoms with E-state index in [0.29, 0.717) is 11.8 Å². The fourth-order valence-electron chi connectivity index (χ4n) is 9.00. The van der Waals surface area contributed by atoms with E-state index >= 15 is 0 Å². The van der Waals surface area contributed by atoms with Gasteiger partial charge in [0.25, 0.3) is 0 Å². The number of nitrogens with one attached hydrogen (secondary N) is 2. The minimum Gasteiger partial charge on any atom is -0.365 e. The molecule has 0 amide bonds. The van der Waals surface area contributed by atoms with Gasteiger partial charge in [0.05, 0.1) is 17.2 Å². The maximum atomic E-state index is 5.41. The van der Waals surface area contributed by atoms with Crippen LogP contribution in [0.1, 0.15) is 81.5 Å². The van der Waals surface area contributed by atoms with Gasteiger partial charge in [0.15, 0.2) is 11.6 Å². The third-order valence-electron chi connectivity index (χ3n) is 12.0. The molecule has 5 atom stereocenters. The number of aromatic nitrogens is 2. The van der Waals surface area contributed by atoms with E-state index in [1.807, 2.05) is 0 Å². The molecule has 51 heavy (non-hydrogen) atoms. The number of para-hydroxylation sites is 4. The molecule has 5 unspecified atom stereocenters. The molecule has 4 heterocycles. The molecule has 2 N–H and O–H groups in total. The van der Waals surface area contributed by atoms with Crippen molar-refractivity contribution in [2.24, 2.45) is 5.92 Å². The third-order valence-corrected chi connectivity index (χ3v) is 12.0. The summed E-state index contributed by atoms with van der Waals surface area (Å²) in [5.74, 6) is 2.93. The average molecular weight is 671 g/mol. The summed E-state index contributed by atoms with van der Waals surface area (Å²) in [6.45, 7) is 14.0. The third kappa shape index (κ3) is 4.83. The SMILES string of the molecule is CC(C)c1ccc(N2c3nc4ccccc4nc3N3c4ccc(C(C)C)cc4C(C4(C)c5ccccc5NC(Nc5ccccc5)C4C)C23)cc1. The second-order valence-electron chi connectivity index (χ2n) is 15.5. The first-order valence-corrected chi connectivity index (χ1v) is 18.5. The molecule has 0 saturated heterocycles. The van der Waals surface area contributed by atoms with E-state index in [0.717, 1.165) is 34.0 Å². The zero-order valence-electron chi connectivity index (χ0n) is 30.3. The second-order valence-corrected chi connectivity index (χ2v) is 15.5. The van der Waals surface area contributed by atoms with Crippen LogP contribution in [0.3, 0.4) is 0 Å². The molecule has 1 aromatic heterocycles. The Morgan fingerprint density at radius 1 is 0.686 bits per heavy atom. The Labute approximate surface area is 301 Å². The van der Waals surface area contributed by atoms with Gasteiger partial charge < -0.3 is 20.4 Å². The maximum Gasteiger partial charge on any atom is 0.179 e. The summed E-state index contributed by atoms with van der Waals surface area (Å²) < 4.78 is 0. The summed E-state index contributed by atoms with van der Waals surface area (Å²) in [6, 6.07) is 44.2. The van der Waals surface area contributed by atoms with E-state index in [2.05, 4.69) is 183 Å². The fourth-order valence-corrected chi connectivity index (χ4v) is 9.00. The minimum atomic E-state index is -0.310. The summed E-state index contributed by atoms with van der Waals surface area (Å²) >= 11 is 0. The summed E-state index contributed by atoms with van der Waals surface area (Å²) in [5.41, 5.74) is 11.6. The van der Waals surface area contributed by atoms with Crippen molar-refractivity contribution in [2.45, 2.75) is 77.0 Å². The molecule has 0 bridgehead atoms. The first-order chi connectivity index (χ1) is 24.7. The Balaban J connectivity index is 1.30. The van der Waals surface area contributed by atoms with Crippen LogP contribution in [0.15, 0.2) is 121 Å². The number of nitrogens with zero attached hydrogens (tertiary/aromatic N) is 4. The molecule has 0 fully saturated rings. The quantitative estimate of drug-likeness (QED) is 0.184. The van der Waals surface area contributed by atoms with Gasteiger partial charge in [0, 0.05) is 40.0 Å². The average Bonchev–Trinajstić information content (AvgIpc) is 3.65. The van der Waals surface area contributed by atoms with Crippen LogP contribution in [0.5, 0.6) is 0 Å². The summed E-state index contributed by atoms with van der Waals surface area (Å²) in [7, 11) is 0. The van der Waals surface area contributed by atoms with Crippen LogP contribution in [0.4, 0.5) is 34.4 Å². The number of benzene rings is 5. The highest BCUT2D eigenvalue weighted by Gasteiger charge is 2.60. The summed E-state index contributed by atoms with van der Waals surface area (Å²) in [5, 5.41) is 7.82. The predicted octanol–water partition coefficient (Wildman–Crippen LogP) is 11.0. The van der Waals surface area contributed by atoms with Crippen LogP contribution in [0.2, 0.25) is 0 Å². The van der Waals surface area contributed by atoms with E-state index < -0.39 is 0 Å². The van der Waals surface area contributed by atoms with Crippen molar-refractivity contribution < 1.29 is 0 Å². The molecule has 9 rings (SSSR count). The van der Waals surface area contributed by atoms with Crippen molar-refractivity contribution in [3.63, 3.8) is 0 Å². The smallest absolute Gasteiger partial charge is 0.179 e. The Morgan fingerprint density at radius 2 is 1.29 bits per heavy atom. The van der Waals surface area contributed by atoms with Crippen molar-refractivity contribution in [1.29, 1.82) is 0 Å². The molecule has 0 radical (unpaired) electrons. The molecular formula is C45H46N6.